The first-order chi connectivity index (χ1) is 30.3. The molecule has 5 aromatic rings. The number of aromatic amines is 1. The van der Waals surface area contributed by atoms with Crippen LogP contribution >= 0.6 is 11.9 Å². The number of rotatable bonds is 13. The second kappa shape index (κ2) is 17.8. The van der Waals surface area contributed by atoms with Gasteiger partial charge in [0.2, 0.25) is 0 Å². The van der Waals surface area contributed by atoms with Crippen LogP contribution < -0.4 is 19.7 Å². The molecule has 4 N–H and O–H groups in total. The Hall–Kier alpha value is -5.18. The highest BCUT2D eigenvalue weighted by molar-refractivity contribution is 7.98. The molecule has 14 heteroatoms. The molecule has 12 nitrogen and oxygen atoms in total. The van der Waals surface area contributed by atoms with Gasteiger partial charge < -0.3 is 25.0 Å². The molecule has 4 fully saturated rings. The standard InChI is InChI=1S/C49H58FN7O5S/c1-31(2)37-7-4-5-8-38(37)42-9-6-20-56(42)34-27-49(28-34)17-21-55(22-18-49)43-26-45(62-35-23-33-14-19-51-46(33)53-30-35)39(25-40(43)50)47(58)54-63-36-10-11-41(44(24-36)57(60)61)52-29-32-12-15-48(3,59)16-13-32/h4-5,7-8,10-11,14,19,23-26,30-32,34,42,52,59H,6,9,12-13,15-18,20-22,27-29H2,1-3H3,(H,51,53)(H,54,58)/t32-,42?,48-. The molecule has 0 bridgehead atoms. The van der Waals surface area contributed by atoms with Crippen LogP contribution in [0.1, 0.15) is 118 Å². The molecule has 2 aliphatic heterocycles. The van der Waals surface area contributed by atoms with Gasteiger partial charge in [-0.1, -0.05) is 38.1 Å². The molecule has 1 spiro atoms. The number of halogens is 1. The quantitative estimate of drug-likeness (QED) is 0.0512. The number of pyridine rings is 1. The van der Waals surface area contributed by atoms with E-state index in [1.165, 1.54) is 36.1 Å². The summed E-state index contributed by atoms with van der Waals surface area (Å²) in [5, 5.41) is 26.5. The van der Waals surface area contributed by atoms with E-state index < -0.39 is 22.2 Å². The molecule has 1 atom stereocenters. The van der Waals surface area contributed by atoms with Gasteiger partial charge in [0.15, 0.2) is 0 Å². The van der Waals surface area contributed by atoms with Crippen molar-refractivity contribution in [3.63, 3.8) is 0 Å². The minimum atomic E-state index is -0.655. The van der Waals surface area contributed by atoms with Crippen molar-refractivity contribution in [1.82, 2.24) is 19.6 Å². The molecule has 2 saturated heterocycles. The van der Waals surface area contributed by atoms with Crippen LogP contribution in [0.4, 0.5) is 21.5 Å². The highest BCUT2D eigenvalue weighted by Gasteiger charge is 2.50. The van der Waals surface area contributed by atoms with E-state index in [2.05, 4.69) is 67.9 Å². The topological polar surface area (TPSA) is 149 Å². The molecule has 2 aliphatic carbocycles. The largest absolute Gasteiger partial charge is 0.455 e. The van der Waals surface area contributed by atoms with Gasteiger partial charge >= 0.3 is 0 Å². The van der Waals surface area contributed by atoms with Gasteiger partial charge in [0.25, 0.3) is 11.6 Å². The third-order valence-corrected chi connectivity index (χ3v) is 15.1. The lowest BCUT2D eigenvalue weighted by Gasteiger charge is -2.56. The van der Waals surface area contributed by atoms with Crippen molar-refractivity contribution in [2.45, 2.75) is 113 Å². The number of nitrogens with zero attached hydrogens (tertiary/aromatic N) is 4. The molecule has 2 aromatic heterocycles. The van der Waals surface area contributed by atoms with E-state index in [-0.39, 0.29) is 22.4 Å². The molecule has 3 aromatic carbocycles. The van der Waals surface area contributed by atoms with Crippen molar-refractivity contribution < 1.29 is 24.0 Å². The number of hydrogen-bond donors (Lipinski definition) is 4. The predicted octanol–water partition coefficient (Wildman–Crippen LogP) is 10.9. The first kappa shape index (κ1) is 43.1. The number of anilines is 2. The molecule has 63 heavy (non-hydrogen) atoms. The summed E-state index contributed by atoms with van der Waals surface area (Å²) in [4.78, 5) is 38.4. The fourth-order valence-electron chi connectivity index (χ4n) is 10.6. The van der Waals surface area contributed by atoms with E-state index in [9.17, 15) is 20.0 Å². The number of fused-ring (bicyclic) bond motifs is 1. The molecule has 1 unspecified atom stereocenters. The number of carbonyl (C=O) groups is 1. The van der Waals surface area contributed by atoms with Crippen molar-refractivity contribution >= 4 is 46.0 Å². The summed E-state index contributed by atoms with van der Waals surface area (Å²) in [5.41, 5.74) is 3.88. The number of likely N-dealkylation sites (tertiary alicyclic amines) is 1. The van der Waals surface area contributed by atoms with E-state index in [0.29, 0.717) is 84.1 Å². The van der Waals surface area contributed by atoms with Gasteiger partial charge in [-0.2, -0.15) is 0 Å². The van der Waals surface area contributed by atoms with Gasteiger partial charge in [-0.3, -0.25) is 24.5 Å². The van der Waals surface area contributed by atoms with Gasteiger partial charge in [0, 0.05) is 60.3 Å². The second-order valence-corrected chi connectivity index (χ2v) is 19.9. The van der Waals surface area contributed by atoms with Crippen LogP contribution in [-0.4, -0.2) is 68.6 Å². The zero-order valence-electron chi connectivity index (χ0n) is 36.4. The van der Waals surface area contributed by atoms with E-state index in [1.807, 2.05) is 19.1 Å². The average molecular weight is 876 g/mol. The Morgan fingerprint density at radius 3 is 2.59 bits per heavy atom. The van der Waals surface area contributed by atoms with Crippen molar-refractivity contribution in [2.24, 2.45) is 11.3 Å². The maximum Gasteiger partial charge on any atom is 0.293 e. The number of aromatic nitrogens is 2. The third-order valence-electron chi connectivity index (χ3n) is 14.3. The zero-order chi connectivity index (χ0) is 43.9. The smallest absolute Gasteiger partial charge is 0.293 e. The number of nitro groups is 1. The molecule has 332 valence electrons. The van der Waals surface area contributed by atoms with E-state index in [4.69, 9.17) is 4.74 Å². The first-order valence-electron chi connectivity index (χ1n) is 22.6. The van der Waals surface area contributed by atoms with E-state index >= 15 is 4.39 Å². The normalized spacial score (nSPS) is 22.7. The molecular weight excluding hydrogens is 818 g/mol. The monoisotopic (exact) mass is 875 g/mol. The number of carbonyl (C=O) groups excluding carboxylic acids is 1. The summed E-state index contributed by atoms with van der Waals surface area (Å²) in [6.07, 6.45) is 13.1. The molecule has 2 saturated carbocycles. The zero-order valence-corrected chi connectivity index (χ0v) is 37.2. The number of amides is 1. The lowest BCUT2D eigenvalue weighted by Crippen LogP contribution is -2.55. The number of piperidine rings is 1. The van der Waals surface area contributed by atoms with Crippen LogP contribution in [0.2, 0.25) is 0 Å². The second-order valence-electron chi connectivity index (χ2n) is 19.0. The lowest BCUT2D eigenvalue weighted by atomic mass is 9.59. The van der Waals surface area contributed by atoms with Crippen LogP contribution in [-0.2, 0) is 0 Å². The van der Waals surface area contributed by atoms with Crippen LogP contribution in [0.15, 0.2) is 84.0 Å². The molecule has 4 heterocycles. The Bertz CT molecular complexity index is 2470. The van der Waals surface area contributed by atoms with Gasteiger partial charge in [-0.15, -0.1) is 0 Å². The van der Waals surface area contributed by atoms with E-state index in [0.717, 1.165) is 62.4 Å². The summed E-state index contributed by atoms with van der Waals surface area (Å²) in [6.45, 7) is 9.52. The maximum absolute atomic E-state index is 16.3. The Kier molecular flexibility index (Phi) is 12.2. The minimum absolute atomic E-state index is 0.00770. The predicted molar refractivity (Wildman–Crippen MR) is 246 cm³/mol. The molecular formula is C49H58FN7O5S. The van der Waals surface area contributed by atoms with Crippen molar-refractivity contribution in [2.75, 3.05) is 36.4 Å². The summed E-state index contributed by atoms with van der Waals surface area (Å²) in [6, 6.07) is 21.3. The van der Waals surface area contributed by atoms with Crippen LogP contribution in [0.25, 0.3) is 11.0 Å². The number of aliphatic hydroxyl groups is 1. The Labute approximate surface area is 372 Å². The summed E-state index contributed by atoms with van der Waals surface area (Å²) in [5.74, 6) is 0.245. The van der Waals surface area contributed by atoms with Gasteiger partial charge in [0.05, 0.1) is 28.0 Å². The summed E-state index contributed by atoms with van der Waals surface area (Å²) < 4.78 is 25.5. The lowest BCUT2D eigenvalue weighted by molar-refractivity contribution is -0.384. The number of H-pyrrole nitrogens is 1. The van der Waals surface area contributed by atoms with Crippen LogP contribution in [0, 0.1) is 27.3 Å². The number of nitro benzene ring substituents is 1. The van der Waals surface area contributed by atoms with Gasteiger partial charge in [-0.05, 0) is 148 Å². The maximum atomic E-state index is 16.3. The Morgan fingerprint density at radius 1 is 1.05 bits per heavy atom. The SMILES string of the molecule is CC(C)c1ccccc1C1CCCN1C1CC2(CCN(c3cc(Oc4cnc5[nH]ccc5c4)c(C(=O)NSc4ccc(NC[C@H]5CC[C@](C)(O)CC5)c([N+](=O)[O-])c4)cc3F)CC2)C1. The third kappa shape index (κ3) is 9.26. The summed E-state index contributed by atoms with van der Waals surface area (Å²) in [7, 11) is 0. The highest BCUT2D eigenvalue weighted by atomic mass is 32.2. The number of benzene rings is 3. The van der Waals surface area contributed by atoms with Crippen LogP contribution in [0.3, 0.4) is 0 Å². The van der Waals surface area contributed by atoms with Crippen molar-refractivity contribution in [3.05, 3.63) is 112 Å². The van der Waals surface area contributed by atoms with Crippen molar-refractivity contribution in [1.29, 1.82) is 0 Å². The van der Waals surface area contributed by atoms with E-state index in [1.54, 1.807) is 30.6 Å². The fourth-order valence-corrected chi connectivity index (χ4v) is 11.3. The average Bonchev–Trinajstić information content (AvgIpc) is 3.95. The molecule has 4 aliphatic rings. The van der Waals surface area contributed by atoms with Crippen molar-refractivity contribution in [3.8, 4) is 11.5 Å². The Balaban J connectivity index is 0.881. The molecule has 1 amide bonds. The summed E-state index contributed by atoms with van der Waals surface area (Å²) >= 11 is 0.916. The van der Waals surface area contributed by atoms with Gasteiger partial charge in [-0.25, -0.2) is 9.37 Å². The van der Waals surface area contributed by atoms with Gasteiger partial charge in [0.1, 0.15) is 28.7 Å². The first-order valence-corrected chi connectivity index (χ1v) is 23.4. The fraction of sp³-hybridized carbons (Fsp3) is 0.469. The molecule has 0 radical (unpaired) electrons. The van der Waals surface area contributed by atoms with Crippen LogP contribution in [0.5, 0.6) is 11.5 Å². The highest BCUT2D eigenvalue weighted by Crippen LogP contribution is 2.54. The Morgan fingerprint density at radius 2 is 1.83 bits per heavy atom. The number of ether oxygens (including phenoxy) is 1. The number of hydrogen-bond acceptors (Lipinski definition) is 10. The molecule has 9 rings (SSSR count). The number of nitrogens with one attached hydrogen (secondary N) is 3. The minimum Gasteiger partial charge on any atom is -0.455 e.